The zero-order chi connectivity index (χ0) is 11.0. The second-order valence-electron chi connectivity index (χ2n) is 4.11. The van der Waals surface area contributed by atoms with Crippen molar-refractivity contribution in [2.24, 2.45) is 0 Å². The maximum Gasteiger partial charge on any atom is 0.122 e. The first-order valence-electron chi connectivity index (χ1n) is 4.86. The number of phenolic OH excluding ortho intramolecular Hbond substituents is 1. The van der Waals surface area contributed by atoms with Crippen LogP contribution in [0.25, 0.3) is 0 Å². The van der Waals surface area contributed by atoms with Crippen LogP contribution in [0, 0.1) is 20.8 Å². The van der Waals surface area contributed by atoms with Crippen molar-refractivity contribution in [1.29, 1.82) is 0 Å². The summed E-state index contributed by atoms with van der Waals surface area (Å²) >= 11 is 6.19. The van der Waals surface area contributed by atoms with Crippen molar-refractivity contribution < 1.29 is 5.11 Å². The molecular weight excluding hydrogens is 196 g/mol. The Morgan fingerprint density at radius 1 is 1.00 bits per heavy atom. The summed E-state index contributed by atoms with van der Waals surface area (Å²) in [6.45, 7) is 9.93. The number of halogens is 1. The molecule has 0 heterocycles. The standard InChI is InChI=1S/C12H17ClO/c1-6(2)10-9(5)11(13)7(3)8(4)12(10)14/h6,14H,1-5H3. The Hall–Kier alpha value is -0.690. The molecule has 0 aliphatic carbocycles. The summed E-state index contributed by atoms with van der Waals surface area (Å²) in [6.07, 6.45) is 0. The summed E-state index contributed by atoms with van der Waals surface area (Å²) in [5.41, 5.74) is 3.84. The maximum absolute atomic E-state index is 10.00. The van der Waals surface area contributed by atoms with Gasteiger partial charge in [-0.05, 0) is 43.4 Å². The Balaban J connectivity index is 3.60. The minimum absolute atomic E-state index is 0.298. The Morgan fingerprint density at radius 3 is 1.93 bits per heavy atom. The summed E-state index contributed by atoms with van der Waals surface area (Å²) in [5.74, 6) is 0.700. The number of phenols is 1. The lowest BCUT2D eigenvalue weighted by Gasteiger charge is -2.18. The van der Waals surface area contributed by atoms with E-state index < -0.39 is 0 Å². The average molecular weight is 213 g/mol. The fourth-order valence-corrected chi connectivity index (χ4v) is 2.07. The van der Waals surface area contributed by atoms with E-state index in [4.69, 9.17) is 11.6 Å². The van der Waals surface area contributed by atoms with Gasteiger partial charge in [0.25, 0.3) is 0 Å². The molecule has 1 nitrogen and oxygen atoms in total. The molecule has 0 spiro atoms. The van der Waals surface area contributed by atoms with Crippen LogP contribution < -0.4 is 0 Å². The molecule has 0 saturated carbocycles. The summed E-state index contributed by atoms with van der Waals surface area (Å²) < 4.78 is 0. The summed E-state index contributed by atoms with van der Waals surface area (Å²) in [7, 11) is 0. The van der Waals surface area contributed by atoms with E-state index in [9.17, 15) is 5.11 Å². The number of rotatable bonds is 1. The molecule has 0 radical (unpaired) electrons. The van der Waals surface area contributed by atoms with Gasteiger partial charge >= 0.3 is 0 Å². The lowest BCUT2D eigenvalue weighted by Crippen LogP contribution is -1.98. The average Bonchev–Trinajstić information content (AvgIpc) is 2.11. The zero-order valence-corrected chi connectivity index (χ0v) is 10.2. The monoisotopic (exact) mass is 212 g/mol. The fourth-order valence-electron chi connectivity index (χ4n) is 1.83. The van der Waals surface area contributed by atoms with Gasteiger partial charge in [0.05, 0.1) is 0 Å². The van der Waals surface area contributed by atoms with Crippen LogP contribution in [0.4, 0.5) is 0 Å². The van der Waals surface area contributed by atoms with Crippen molar-refractivity contribution in [2.75, 3.05) is 0 Å². The van der Waals surface area contributed by atoms with Crippen LogP contribution in [0.1, 0.15) is 42.0 Å². The first kappa shape index (κ1) is 11.4. The number of aromatic hydroxyl groups is 1. The molecule has 0 aliphatic rings. The van der Waals surface area contributed by atoms with E-state index in [1.54, 1.807) is 0 Å². The highest BCUT2D eigenvalue weighted by Gasteiger charge is 2.17. The van der Waals surface area contributed by atoms with E-state index in [2.05, 4.69) is 13.8 Å². The highest BCUT2D eigenvalue weighted by Crippen LogP contribution is 2.38. The summed E-state index contributed by atoms with van der Waals surface area (Å²) in [5, 5.41) is 10.8. The van der Waals surface area contributed by atoms with Crippen molar-refractivity contribution in [1.82, 2.24) is 0 Å². The molecule has 1 aromatic rings. The molecular formula is C12H17ClO. The first-order chi connectivity index (χ1) is 6.37. The molecule has 14 heavy (non-hydrogen) atoms. The lowest BCUT2D eigenvalue weighted by atomic mass is 9.92. The Kier molecular flexibility index (Phi) is 3.10. The summed E-state index contributed by atoms with van der Waals surface area (Å²) in [4.78, 5) is 0. The Labute approximate surface area is 90.7 Å². The van der Waals surface area contributed by atoms with E-state index in [1.165, 1.54) is 0 Å². The normalized spacial score (nSPS) is 11.1. The molecule has 0 amide bonds. The van der Waals surface area contributed by atoms with E-state index in [0.717, 1.165) is 27.3 Å². The van der Waals surface area contributed by atoms with E-state index in [1.807, 2.05) is 20.8 Å². The highest BCUT2D eigenvalue weighted by atomic mass is 35.5. The molecule has 78 valence electrons. The van der Waals surface area contributed by atoms with Gasteiger partial charge in [0.1, 0.15) is 5.75 Å². The topological polar surface area (TPSA) is 20.2 Å². The molecule has 0 aromatic heterocycles. The third kappa shape index (κ3) is 1.61. The highest BCUT2D eigenvalue weighted by molar-refractivity contribution is 6.32. The van der Waals surface area contributed by atoms with Crippen molar-refractivity contribution in [3.8, 4) is 5.75 Å². The van der Waals surface area contributed by atoms with Crippen LogP contribution in [0.5, 0.6) is 5.75 Å². The van der Waals surface area contributed by atoms with Crippen molar-refractivity contribution in [3.05, 3.63) is 27.3 Å². The smallest absolute Gasteiger partial charge is 0.122 e. The molecule has 0 atom stereocenters. The molecule has 0 aliphatic heterocycles. The number of hydrogen-bond donors (Lipinski definition) is 1. The fraction of sp³-hybridized carbons (Fsp3) is 0.500. The van der Waals surface area contributed by atoms with Gasteiger partial charge in [-0.2, -0.15) is 0 Å². The SMILES string of the molecule is Cc1c(C)c(Cl)c(C)c(C(C)C)c1O. The van der Waals surface area contributed by atoms with Crippen LogP contribution in [0.2, 0.25) is 5.02 Å². The second kappa shape index (κ2) is 3.82. The van der Waals surface area contributed by atoms with Crippen LogP contribution in [-0.4, -0.2) is 5.11 Å². The first-order valence-corrected chi connectivity index (χ1v) is 5.23. The minimum Gasteiger partial charge on any atom is -0.507 e. The van der Waals surface area contributed by atoms with Gasteiger partial charge in [-0.15, -0.1) is 0 Å². The molecule has 1 N–H and O–H groups in total. The molecule has 1 aromatic carbocycles. The predicted octanol–water partition coefficient (Wildman–Crippen LogP) is 4.09. The van der Waals surface area contributed by atoms with E-state index in [-0.39, 0.29) is 0 Å². The minimum atomic E-state index is 0.298. The summed E-state index contributed by atoms with van der Waals surface area (Å²) in [6, 6.07) is 0. The van der Waals surface area contributed by atoms with Gasteiger partial charge in [-0.3, -0.25) is 0 Å². The third-order valence-electron chi connectivity index (χ3n) is 2.81. The van der Waals surface area contributed by atoms with E-state index in [0.29, 0.717) is 11.7 Å². The van der Waals surface area contributed by atoms with Gasteiger partial charge in [0, 0.05) is 10.6 Å². The van der Waals surface area contributed by atoms with Crippen molar-refractivity contribution in [3.63, 3.8) is 0 Å². The molecule has 0 saturated heterocycles. The quantitative estimate of drug-likeness (QED) is 0.744. The predicted molar refractivity (Wildman–Crippen MR) is 61.4 cm³/mol. The van der Waals surface area contributed by atoms with Crippen LogP contribution >= 0.6 is 11.6 Å². The van der Waals surface area contributed by atoms with E-state index >= 15 is 0 Å². The molecule has 1 rings (SSSR count). The molecule has 2 heteroatoms. The second-order valence-corrected chi connectivity index (χ2v) is 4.48. The van der Waals surface area contributed by atoms with Gasteiger partial charge in [-0.1, -0.05) is 25.4 Å². The Bertz CT molecular complexity index is 338. The largest absolute Gasteiger partial charge is 0.507 e. The lowest BCUT2D eigenvalue weighted by molar-refractivity contribution is 0.459. The van der Waals surface area contributed by atoms with Crippen LogP contribution in [-0.2, 0) is 0 Å². The number of hydrogen-bond acceptors (Lipinski definition) is 1. The molecule has 0 bridgehead atoms. The van der Waals surface area contributed by atoms with Gasteiger partial charge in [0.2, 0.25) is 0 Å². The Morgan fingerprint density at radius 2 is 1.50 bits per heavy atom. The zero-order valence-electron chi connectivity index (χ0n) is 9.40. The number of benzene rings is 1. The molecule has 0 unspecified atom stereocenters. The van der Waals surface area contributed by atoms with Gasteiger partial charge in [0.15, 0.2) is 0 Å². The maximum atomic E-state index is 10.00. The van der Waals surface area contributed by atoms with Gasteiger partial charge < -0.3 is 5.11 Å². The van der Waals surface area contributed by atoms with Crippen LogP contribution in [0.3, 0.4) is 0 Å². The molecule has 0 fully saturated rings. The third-order valence-corrected chi connectivity index (χ3v) is 3.38. The van der Waals surface area contributed by atoms with Crippen molar-refractivity contribution in [2.45, 2.75) is 40.5 Å². The van der Waals surface area contributed by atoms with Gasteiger partial charge in [-0.25, -0.2) is 0 Å². The van der Waals surface area contributed by atoms with Crippen LogP contribution in [0.15, 0.2) is 0 Å². The van der Waals surface area contributed by atoms with Crippen molar-refractivity contribution >= 4 is 11.6 Å².